The summed E-state index contributed by atoms with van der Waals surface area (Å²) in [4.78, 5) is 4.81. The fraction of sp³-hybridized carbons (Fsp3) is 0.320. The van der Waals surface area contributed by atoms with Crippen LogP contribution in [0, 0.1) is 0 Å². The highest BCUT2D eigenvalue weighted by Gasteiger charge is 2.24. The summed E-state index contributed by atoms with van der Waals surface area (Å²) >= 11 is 0. The smallest absolute Gasteiger partial charge is 0.128 e. The van der Waals surface area contributed by atoms with Gasteiger partial charge in [0.25, 0.3) is 0 Å². The van der Waals surface area contributed by atoms with Gasteiger partial charge in [-0.15, -0.1) is 9.24 Å². The van der Waals surface area contributed by atoms with Gasteiger partial charge in [-0.25, -0.2) is 0 Å². The van der Waals surface area contributed by atoms with Gasteiger partial charge in [-0.3, -0.25) is 4.99 Å². The predicted molar refractivity (Wildman–Crippen MR) is 126 cm³/mol. The number of fused-ring (bicyclic) bond motifs is 1. The van der Waals surface area contributed by atoms with E-state index in [2.05, 4.69) is 87.2 Å². The highest BCUT2D eigenvalue weighted by molar-refractivity contribution is 7.28. The molecule has 0 fully saturated rings. The SMILES string of the molecule is CC(C)(C)c1cc(C=Nc2c(P)ccc3ccccc23)c(O)c(C(C)(C)C)c1. The number of benzene rings is 3. The highest BCUT2D eigenvalue weighted by Crippen LogP contribution is 2.37. The molecular weight excluding hydrogens is 361 g/mol. The van der Waals surface area contributed by atoms with E-state index in [-0.39, 0.29) is 10.8 Å². The molecule has 0 saturated carbocycles. The normalized spacial score (nSPS) is 12.8. The molecule has 0 aliphatic carbocycles. The maximum absolute atomic E-state index is 11.0. The van der Waals surface area contributed by atoms with Gasteiger partial charge in [0.05, 0.1) is 5.69 Å². The Morgan fingerprint density at radius 1 is 0.893 bits per heavy atom. The highest BCUT2D eigenvalue weighted by atomic mass is 31.0. The summed E-state index contributed by atoms with van der Waals surface area (Å²) in [6.45, 7) is 13.0. The van der Waals surface area contributed by atoms with E-state index >= 15 is 0 Å². The van der Waals surface area contributed by atoms with Crippen molar-refractivity contribution in [3.05, 3.63) is 65.2 Å². The minimum Gasteiger partial charge on any atom is -0.507 e. The molecular formula is C25H30NOP. The molecule has 0 aromatic heterocycles. The Kier molecular flexibility index (Phi) is 5.38. The summed E-state index contributed by atoms with van der Waals surface area (Å²) in [6.07, 6.45) is 1.80. The van der Waals surface area contributed by atoms with Gasteiger partial charge in [0.1, 0.15) is 5.75 Å². The maximum atomic E-state index is 11.0. The van der Waals surface area contributed by atoms with Gasteiger partial charge in [-0.1, -0.05) is 84.0 Å². The van der Waals surface area contributed by atoms with Crippen molar-refractivity contribution in [2.45, 2.75) is 52.4 Å². The van der Waals surface area contributed by atoms with Gasteiger partial charge in [0, 0.05) is 22.7 Å². The van der Waals surface area contributed by atoms with Gasteiger partial charge < -0.3 is 5.11 Å². The van der Waals surface area contributed by atoms with Crippen LogP contribution in [0.5, 0.6) is 5.75 Å². The van der Waals surface area contributed by atoms with Crippen molar-refractivity contribution >= 4 is 37.2 Å². The molecule has 1 unspecified atom stereocenters. The molecule has 2 nitrogen and oxygen atoms in total. The summed E-state index contributed by atoms with van der Waals surface area (Å²) in [5, 5.41) is 14.3. The molecule has 0 saturated heterocycles. The summed E-state index contributed by atoms with van der Waals surface area (Å²) < 4.78 is 0. The number of nitrogens with zero attached hydrogens (tertiary/aromatic N) is 1. The number of phenols is 1. The molecule has 3 heteroatoms. The Labute approximate surface area is 170 Å². The van der Waals surface area contributed by atoms with E-state index in [0.717, 1.165) is 32.9 Å². The van der Waals surface area contributed by atoms with Crippen molar-refractivity contribution < 1.29 is 5.11 Å². The Balaban J connectivity index is 2.19. The number of hydrogen-bond acceptors (Lipinski definition) is 2. The van der Waals surface area contributed by atoms with Gasteiger partial charge in [-0.2, -0.15) is 0 Å². The van der Waals surface area contributed by atoms with Crippen molar-refractivity contribution in [3.8, 4) is 5.75 Å². The van der Waals surface area contributed by atoms with Crippen LogP contribution in [0.25, 0.3) is 10.8 Å². The average Bonchev–Trinajstić information content (AvgIpc) is 2.60. The lowest BCUT2D eigenvalue weighted by Crippen LogP contribution is -2.17. The lowest BCUT2D eigenvalue weighted by Gasteiger charge is -2.27. The van der Waals surface area contributed by atoms with Crippen molar-refractivity contribution in [1.82, 2.24) is 0 Å². The van der Waals surface area contributed by atoms with Gasteiger partial charge >= 0.3 is 0 Å². The Morgan fingerprint density at radius 3 is 2.21 bits per heavy atom. The number of aliphatic imine (C=N–C) groups is 1. The number of phenolic OH excluding ortho intramolecular Hbond substituents is 1. The second-order valence-corrected chi connectivity index (χ2v) is 10.1. The van der Waals surface area contributed by atoms with Crippen LogP contribution in [0.4, 0.5) is 5.69 Å². The van der Waals surface area contributed by atoms with Crippen LogP contribution in [0.15, 0.2) is 53.5 Å². The number of rotatable bonds is 2. The average molecular weight is 391 g/mol. The lowest BCUT2D eigenvalue weighted by atomic mass is 9.79. The molecule has 0 heterocycles. The van der Waals surface area contributed by atoms with Crippen molar-refractivity contribution in [2.24, 2.45) is 4.99 Å². The van der Waals surface area contributed by atoms with Crippen LogP contribution in [0.2, 0.25) is 0 Å². The number of aromatic hydroxyl groups is 1. The molecule has 1 N–H and O–H groups in total. The fourth-order valence-electron chi connectivity index (χ4n) is 3.31. The molecule has 3 aromatic carbocycles. The van der Waals surface area contributed by atoms with Gasteiger partial charge in [-0.05, 0) is 33.2 Å². The molecule has 0 aliphatic heterocycles. The zero-order valence-electron chi connectivity index (χ0n) is 17.7. The van der Waals surface area contributed by atoms with E-state index < -0.39 is 0 Å². The summed E-state index contributed by atoms with van der Waals surface area (Å²) in [7, 11) is 2.76. The Hall–Kier alpha value is -2.18. The van der Waals surface area contributed by atoms with E-state index in [0.29, 0.717) is 5.75 Å². The molecule has 0 spiro atoms. The van der Waals surface area contributed by atoms with Crippen LogP contribution in [-0.4, -0.2) is 11.3 Å². The second kappa shape index (κ2) is 7.33. The first-order valence-electron chi connectivity index (χ1n) is 9.68. The molecule has 146 valence electrons. The molecule has 3 rings (SSSR count). The van der Waals surface area contributed by atoms with E-state index in [1.54, 1.807) is 6.21 Å². The van der Waals surface area contributed by atoms with Crippen LogP contribution in [-0.2, 0) is 10.8 Å². The van der Waals surface area contributed by atoms with E-state index in [4.69, 9.17) is 4.99 Å². The van der Waals surface area contributed by atoms with Crippen LogP contribution < -0.4 is 5.30 Å². The molecule has 0 radical (unpaired) electrons. The standard InChI is InChI=1S/C25H30NOP/c1-24(2,3)18-13-17(23(27)20(14-18)25(4,5)6)15-26-22-19-10-8-7-9-16(19)11-12-21(22)28/h7-15,27H,28H2,1-6H3. The fourth-order valence-corrected chi connectivity index (χ4v) is 3.64. The third-order valence-electron chi connectivity index (χ3n) is 5.08. The van der Waals surface area contributed by atoms with E-state index in [1.165, 1.54) is 5.56 Å². The third-order valence-corrected chi connectivity index (χ3v) is 5.54. The van der Waals surface area contributed by atoms with Crippen molar-refractivity contribution in [3.63, 3.8) is 0 Å². The molecule has 3 aromatic rings. The van der Waals surface area contributed by atoms with Crippen LogP contribution >= 0.6 is 9.24 Å². The van der Waals surface area contributed by atoms with Crippen LogP contribution in [0.3, 0.4) is 0 Å². The number of hydrogen-bond donors (Lipinski definition) is 1. The quantitative estimate of drug-likeness (QED) is 0.398. The molecule has 0 aliphatic rings. The lowest BCUT2D eigenvalue weighted by molar-refractivity contribution is 0.444. The zero-order chi connectivity index (χ0) is 20.7. The van der Waals surface area contributed by atoms with E-state index in [1.807, 2.05) is 12.1 Å². The zero-order valence-corrected chi connectivity index (χ0v) is 18.8. The predicted octanol–water partition coefficient (Wildman–Crippen LogP) is 6.39. The first kappa shape index (κ1) is 20.6. The van der Waals surface area contributed by atoms with Crippen molar-refractivity contribution in [1.29, 1.82) is 0 Å². The largest absolute Gasteiger partial charge is 0.507 e. The van der Waals surface area contributed by atoms with E-state index in [9.17, 15) is 5.11 Å². The topological polar surface area (TPSA) is 32.6 Å². The summed E-state index contributed by atoms with van der Waals surface area (Å²) in [5.74, 6) is 0.315. The minimum atomic E-state index is -0.154. The minimum absolute atomic E-state index is 0.0124. The third kappa shape index (κ3) is 4.13. The Bertz CT molecular complexity index is 1050. The summed E-state index contributed by atoms with van der Waals surface area (Å²) in [6, 6.07) is 16.6. The molecule has 0 bridgehead atoms. The van der Waals surface area contributed by atoms with Crippen molar-refractivity contribution in [2.75, 3.05) is 0 Å². The second-order valence-electron chi connectivity index (χ2n) is 9.44. The molecule has 1 atom stereocenters. The van der Waals surface area contributed by atoms with Gasteiger partial charge in [0.2, 0.25) is 0 Å². The maximum Gasteiger partial charge on any atom is 0.128 e. The molecule has 28 heavy (non-hydrogen) atoms. The molecule has 0 amide bonds. The monoisotopic (exact) mass is 391 g/mol. The Morgan fingerprint density at radius 2 is 1.57 bits per heavy atom. The summed E-state index contributed by atoms with van der Waals surface area (Å²) in [5.41, 5.74) is 3.66. The van der Waals surface area contributed by atoms with Gasteiger partial charge in [0.15, 0.2) is 0 Å². The first-order chi connectivity index (χ1) is 13.0. The first-order valence-corrected chi connectivity index (χ1v) is 10.3. The van der Waals surface area contributed by atoms with Crippen LogP contribution in [0.1, 0.15) is 58.2 Å².